The largest absolute Gasteiger partial charge is 0.508 e. The van der Waals surface area contributed by atoms with Crippen LogP contribution in [0.5, 0.6) is 5.75 Å². The van der Waals surface area contributed by atoms with E-state index in [-0.39, 0.29) is 11.5 Å². The quantitative estimate of drug-likeness (QED) is 0.688. The molecule has 4 rings (SSSR count). The number of rotatable bonds is 3. The van der Waals surface area contributed by atoms with Crippen LogP contribution >= 0.6 is 7.55 Å². The Labute approximate surface area is 153 Å². The van der Waals surface area contributed by atoms with Crippen molar-refractivity contribution in [1.82, 2.24) is 0 Å². The van der Waals surface area contributed by atoms with E-state index < -0.39 is 7.55 Å². The van der Waals surface area contributed by atoms with Gasteiger partial charge in [0, 0.05) is 17.2 Å². The van der Waals surface area contributed by atoms with Gasteiger partial charge in [-0.3, -0.25) is 4.79 Å². The molecular weight excluding hydrogens is 339 g/mol. The summed E-state index contributed by atoms with van der Waals surface area (Å²) >= 11 is 0. The van der Waals surface area contributed by atoms with Gasteiger partial charge in [0.15, 0.2) is 23.9 Å². The molecule has 1 aliphatic rings. The molecule has 0 saturated heterocycles. The molecule has 0 amide bonds. The minimum Gasteiger partial charge on any atom is -0.508 e. The SMILES string of the molecule is O=C1C=C(c2ccc(O)cc2)[P+](c2ccccc2)=C(c2ccccc2)C1. The molecule has 0 aliphatic carbocycles. The van der Waals surface area contributed by atoms with Gasteiger partial charge in [0.1, 0.15) is 11.0 Å². The van der Waals surface area contributed by atoms with Gasteiger partial charge in [-0.25, -0.2) is 0 Å². The lowest BCUT2D eigenvalue weighted by atomic mass is 10.1. The number of hydrogen-bond donors (Lipinski definition) is 1. The molecule has 3 aromatic rings. The minimum atomic E-state index is -0.807. The Balaban J connectivity index is 1.98. The maximum atomic E-state index is 12.5. The number of hydrogen-bond acceptors (Lipinski definition) is 2. The van der Waals surface area contributed by atoms with Crippen LogP contribution in [0.1, 0.15) is 17.5 Å². The molecule has 1 heterocycles. The molecule has 3 heteroatoms. The summed E-state index contributed by atoms with van der Waals surface area (Å²) < 4.78 is 0. The lowest BCUT2D eigenvalue weighted by Crippen LogP contribution is -2.15. The maximum Gasteiger partial charge on any atom is 0.175 e. The van der Waals surface area contributed by atoms with Crippen molar-refractivity contribution >= 4 is 29.2 Å². The first-order valence-electron chi connectivity index (χ1n) is 8.53. The Morgan fingerprint density at radius 2 is 1.35 bits per heavy atom. The fourth-order valence-electron chi connectivity index (χ4n) is 3.24. The number of carbonyl (C=O) groups excluding carboxylic acids is 1. The van der Waals surface area contributed by atoms with Gasteiger partial charge in [0.25, 0.3) is 0 Å². The number of aromatic hydroxyl groups is 1. The molecule has 3 aromatic carbocycles. The first-order valence-corrected chi connectivity index (χ1v) is 9.87. The summed E-state index contributed by atoms with van der Waals surface area (Å²) in [6, 6.07) is 27.7. The summed E-state index contributed by atoms with van der Waals surface area (Å²) in [5, 5.41) is 13.1. The summed E-state index contributed by atoms with van der Waals surface area (Å²) in [6.45, 7) is 0. The highest BCUT2D eigenvalue weighted by Crippen LogP contribution is 2.46. The average molecular weight is 357 g/mol. The van der Waals surface area contributed by atoms with Crippen LogP contribution in [0, 0.1) is 0 Å². The first-order chi connectivity index (χ1) is 12.7. The predicted octanol–water partition coefficient (Wildman–Crippen LogP) is 4.73. The van der Waals surface area contributed by atoms with Gasteiger partial charge >= 0.3 is 0 Å². The molecule has 2 nitrogen and oxygen atoms in total. The zero-order valence-corrected chi connectivity index (χ0v) is 15.1. The van der Waals surface area contributed by atoms with Crippen molar-refractivity contribution in [2.45, 2.75) is 6.42 Å². The van der Waals surface area contributed by atoms with E-state index in [4.69, 9.17) is 0 Å². The lowest BCUT2D eigenvalue weighted by molar-refractivity contribution is -0.113. The third-order valence-electron chi connectivity index (χ3n) is 4.43. The van der Waals surface area contributed by atoms with Crippen molar-refractivity contribution in [3.8, 4) is 5.75 Å². The van der Waals surface area contributed by atoms with Crippen LogP contribution in [0.2, 0.25) is 0 Å². The highest BCUT2D eigenvalue weighted by Gasteiger charge is 2.34. The van der Waals surface area contributed by atoms with E-state index in [2.05, 4.69) is 24.3 Å². The second-order valence-electron chi connectivity index (χ2n) is 6.20. The molecule has 0 radical (unpaired) electrons. The monoisotopic (exact) mass is 357 g/mol. The Morgan fingerprint density at radius 1 is 0.731 bits per heavy atom. The average Bonchev–Trinajstić information content (AvgIpc) is 2.69. The summed E-state index contributed by atoms with van der Waals surface area (Å²) in [7, 11) is -0.807. The second kappa shape index (κ2) is 7.11. The molecule has 1 aliphatic heterocycles. The molecule has 1 N–H and O–H groups in total. The molecule has 0 aromatic heterocycles. The summed E-state index contributed by atoms with van der Waals surface area (Å²) in [4.78, 5) is 12.5. The van der Waals surface area contributed by atoms with Crippen LogP contribution in [-0.2, 0) is 4.79 Å². The number of carbonyl (C=O) groups is 1. The molecule has 0 fully saturated rings. The standard InChI is InChI=1S/C23H17O2P/c24-19-13-11-18(12-14-19)23-16-20(25)15-22(17-7-3-1-4-8-17)26(23)21-9-5-2-6-10-21/h1-14,16H,15H2/p+1. The van der Waals surface area contributed by atoms with Gasteiger partial charge in [-0.05, 0) is 36.4 Å². The zero-order chi connectivity index (χ0) is 17.9. The first kappa shape index (κ1) is 16.5. The van der Waals surface area contributed by atoms with E-state index in [0.29, 0.717) is 6.42 Å². The topological polar surface area (TPSA) is 37.3 Å². The van der Waals surface area contributed by atoms with Crippen LogP contribution < -0.4 is 5.30 Å². The van der Waals surface area contributed by atoms with Crippen molar-refractivity contribution in [2.75, 3.05) is 0 Å². The van der Waals surface area contributed by atoms with Crippen molar-refractivity contribution < 1.29 is 9.90 Å². The van der Waals surface area contributed by atoms with Crippen LogP contribution in [0.15, 0.2) is 91.0 Å². The van der Waals surface area contributed by atoms with Crippen molar-refractivity contribution in [3.63, 3.8) is 0 Å². The summed E-state index contributed by atoms with van der Waals surface area (Å²) in [5.74, 6) is 0.356. The van der Waals surface area contributed by atoms with Crippen LogP contribution in [0.4, 0.5) is 0 Å². The van der Waals surface area contributed by atoms with E-state index in [1.54, 1.807) is 18.2 Å². The van der Waals surface area contributed by atoms with Gasteiger partial charge in [0.05, 0.1) is 6.42 Å². The molecule has 1 unspecified atom stereocenters. The molecular formula is C23H18O2P+. The molecule has 1 atom stereocenters. The summed E-state index contributed by atoms with van der Waals surface area (Å²) in [6.07, 6.45) is 2.24. The van der Waals surface area contributed by atoms with E-state index in [1.165, 1.54) is 10.6 Å². The Bertz CT molecular complexity index is 1000. The van der Waals surface area contributed by atoms with Gasteiger partial charge in [-0.2, -0.15) is 0 Å². The second-order valence-corrected chi connectivity index (χ2v) is 8.41. The number of phenols is 1. The normalized spacial score (nSPS) is 15.7. The third kappa shape index (κ3) is 3.24. The number of ketones is 1. The Morgan fingerprint density at radius 3 is 2.00 bits per heavy atom. The van der Waals surface area contributed by atoms with E-state index in [0.717, 1.165) is 16.4 Å². The smallest absolute Gasteiger partial charge is 0.175 e. The molecule has 26 heavy (non-hydrogen) atoms. The van der Waals surface area contributed by atoms with Gasteiger partial charge in [0.2, 0.25) is 0 Å². The van der Waals surface area contributed by atoms with Crippen molar-refractivity contribution in [1.29, 1.82) is 0 Å². The fourth-order valence-corrected chi connectivity index (χ4v) is 5.99. The zero-order valence-electron chi connectivity index (χ0n) is 14.2. The van der Waals surface area contributed by atoms with E-state index in [9.17, 15) is 9.90 Å². The fraction of sp³-hybridized carbons (Fsp3) is 0.0435. The minimum absolute atomic E-state index is 0.126. The van der Waals surface area contributed by atoms with Crippen LogP contribution in [-0.4, -0.2) is 16.2 Å². The van der Waals surface area contributed by atoms with E-state index in [1.807, 2.05) is 48.5 Å². The van der Waals surface area contributed by atoms with Crippen molar-refractivity contribution in [3.05, 3.63) is 102 Å². The van der Waals surface area contributed by atoms with Crippen molar-refractivity contribution in [2.24, 2.45) is 0 Å². The van der Waals surface area contributed by atoms with E-state index >= 15 is 0 Å². The predicted molar refractivity (Wildman–Crippen MR) is 109 cm³/mol. The Hall–Kier alpha value is -2.96. The summed E-state index contributed by atoms with van der Waals surface area (Å²) in [5.41, 5.74) is 2.11. The maximum absolute atomic E-state index is 12.5. The Kier molecular flexibility index (Phi) is 4.51. The van der Waals surface area contributed by atoms with Crippen LogP contribution in [0.3, 0.4) is 0 Å². The lowest BCUT2D eigenvalue weighted by Gasteiger charge is -2.13. The number of allylic oxidation sites excluding steroid dienone is 1. The van der Waals surface area contributed by atoms with Gasteiger partial charge in [-0.15, -0.1) is 0 Å². The highest BCUT2D eigenvalue weighted by atomic mass is 31.1. The molecule has 126 valence electrons. The number of phenolic OH excluding ortho intramolecular Hbond substituents is 1. The third-order valence-corrected chi connectivity index (χ3v) is 7.07. The van der Waals surface area contributed by atoms with Crippen LogP contribution in [0.25, 0.3) is 5.31 Å². The number of benzene rings is 3. The molecule has 0 bridgehead atoms. The molecule has 0 saturated carbocycles. The van der Waals surface area contributed by atoms with Gasteiger partial charge in [-0.1, -0.05) is 48.5 Å². The highest BCUT2D eigenvalue weighted by molar-refractivity contribution is 7.76. The molecule has 0 spiro atoms. The van der Waals surface area contributed by atoms with Gasteiger partial charge < -0.3 is 5.11 Å².